The third kappa shape index (κ3) is 2.27. The zero-order valence-electron chi connectivity index (χ0n) is 10.7. The third-order valence-electron chi connectivity index (χ3n) is 3.77. The zero-order valence-corrected chi connectivity index (χ0v) is 10.7. The Labute approximate surface area is 112 Å². The molecule has 0 amide bonds. The van der Waals surface area contributed by atoms with Crippen LogP contribution in [0.3, 0.4) is 0 Å². The Balaban J connectivity index is 1.88. The van der Waals surface area contributed by atoms with Gasteiger partial charge in [0.25, 0.3) is 0 Å². The van der Waals surface area contributed by atoms with Gasteiger partial charge in [-0.05, 0) is 17.2 Å². The molecule has 3 heteroatoms. The fraction of sp³-hybridized carbons (Fsp3) is 0.250. The number of rotatable bonds is 3. The number of nitrogens with zero attached hydrogens (tertiary/aromatic N) is 1. The van der Waals surface area contributed by atoms with E-state index in [1.54, 1.807) is 6.07 Å². The second-order valence-corrected chi connectivity index (χ2v) is 4.95. The van der Waals surface area contributed by atoms with Crippen molar-refractivity contribution in [3.05, 3.63) is 71.0 Å². The van der Waals surface area contributed by atoms with E-state index in [-0.39, 0.29) is 11.9 Å². The molecule has 0 aliphatic carbocycles. The van der Waals surface area contributed by atoms with Gasteiger partial charge in [0.05, 0.1) is 0 Å². The summed E-state index contributed by atoms with van der Waals surface area (Å²) in [7, 11) is 0. The molecular weight excluding hydrogens is 239 g/mol. The molecule has 2 N–H and O–H groups in total. The highest BCUT2D eigenvalue weighted by Gasteiger charge is 2.30. The van der Waals surface area contributed by atoms with Crippen LogP contribution in [0.15, 0.2) is 48.5 Å². The van der Waals surface area contributed by atoms with Crippen LogP contribution in [0, 0.1) is 5.82 Å². The summed E-state index contributed by atoms with van der Waals surface area (Å²) in [6, 6.07) is 15.6. The molecule has 2 aromatic carbocycles. The largest absolute Gasteiger partial charge is 0.329 e. The number of hydrogen-bond donors (Lipinski definition) is 1. The Bertz CT molecular complexity index is 568. The van der Waals surface area contributed by atoms with Crippen LogP contribution >= 0.6 is 0 Å². The van der Waals surface area contributed by atoms with Crippen molar-refractivity contribution in [2.75, 3.05) is 6.54 Å². The molecule has 0 spiro atoms. The molecule has 3 rings (SSSR count). The summed E-state index contributed by atoms with van der Waals surface area (Å²) in [6.07, 6.45) is 0. The van der Waals surface area contributed by atoms with Crippen LogP contribution in [0.4, 0.5) is 4.39 Å². The SMILES string of the molecule is NCC1c2cccc(F)c2CN1Cc1ccccc1. The van der Waals surface area contributed by atoms with E-state index in [4.69, 9.17) is 5.73 Å². The number of fused-ring (bicyclic) bond motifs is 1. The van der Waals surface area contributed by atoms with Crippen LogP contribution in [0.5, 0.6) is 0 Å². The first-order chi connectivity index (χ1) is 9.29. The second kappa shape index (κ2) is 5.11. The summed E-state index contributed by atoms with van der Waals surface area (Å²) in [6.45, 7) is 1.96. The lowest BCUT2D eigenvalue weighted by molar-refractivity contribution is 0.210. The van der Waals surface area contributed by atoms with Crippen molar-refractivity contribution >= 4 is 0 Å². The lowest BCUT2D eigenvalue weighted by Gasteiger charge is -2.23. The molecular formula is C16H17FN2. The van der Waals surface area contributed by atoms with Gasteiger partial charge < -0.3 is 5.73 Å². The van der Waals surface area contributed by atoms with Gasteiger partial charge in [0.1, 0.15) is 5.82 Å². The topological polar surface area (TPSA) is 29.3 Å². The van der Waals surface area contributed by atoms with E-state index in [0.29, 0.717) is 13.1 Å². The first kappa shape index (κ1) is 12.3. The van der Waals surface area contributed by atoms with Crippen molar-refractivity contribution in [2.24, 2.45) is 5.73 Å². The van der Waals surface area contributed by atoms with Gasteiger partial charge in [-0.1, -0.05) is 42.5 Å². The van der Waals surface area contributed by atoms with Crippen molar-refractivity contribution < 1.29 is 4.39 Å². The molecule has 0 fully saturated rings. The molecule has 1 aliphatic heterocycles. The third-order valence-corrected chi connectivity index (χ3v) is 3.77. The summed E-state index contributed by atoms with van der Waals surface area (Å²) in [4.78, 5) is 2.24. The van der Waals surface area contributed by atoms with Crippen LogP contribution in [-0.2, 0) is 13.1 Å². The Morgan fingerprint density at radius 2 is 1.89 bits per heavy atom. The standard InChI is InChI=1S/C16H17FN2/c17-15-8-4-7-13-14(15)11-19(16(13)9-18)10-12-5-2-1-3-6-12/h1-8,16H,9-11,18H2. The summed E-state index contributed by atoms with van der Waals surface area (Å²) in [5.74, 6) is -0.119. The maximum Gasteiger partial charge on any atom is 0.128 e. The van der Waals surface area contributed by atoms with E-state index in [2.05, 4.69) is 17.0 Å². The van der Waals surface area contributed by atoms with Gasteiger partial charge in [0.15, 0.2) is 0 Å². The van der Waals surface area contributed by atoms with Gasteiger partial charge in [0, 0.05) is 31.2 Å². The first-order valence-electron chi connectivity index (χ1n) is 6.55. The van der Waals surface area contributed by atoms with Gasteiger partial charge in [-0.25, -0.2) is 4.39 Å². The van der Waals surface area contributed by atoms with Crippen molar-refractivity contribution in [3.8, 4) is 0 Å². The highest BCUT2D eigenvalue weighted by Crippen LogP contribution is 2.35. The molecule has 0 saturated carbocycles. The van der Waals surface area contributed by atoms with Crippen LogP contribution < -0.4 is 5.73 Å². The lowest BCUT2D eigenvalue weighted by atomic mass is 10.0. The summed E-state index contributed by atoms with van der Waals surface area (Å²) >= 11 is 0. The van der Waals surface area contributed by atoms with Crippen LogP contribution in [0.1, 0.15) is 22.7 Å². The molecule has 19 heavy (non-hydrogen) atoms. The predicted molar refractivity (Wildman–Crippen MR) is 73.9 cm³/mol. The number of halogens is 1. The average molecular weight is 256 g/mol. The quantitative estimate of drug-likeness (QED) is 0.915. The second-order valence-electron chi connectivity index (χ2n) is 4.95. The highest BCUT2D eigenvalue weighted by atomic mass is 19.1. The Morgan fingerprint density at radius 1 is 1.11 bits per heavy atom. The number of benzene rings is 2. The van der Waals surface area contributed by atoms with E-state index in [0.717, 1.165) is 17.7 Å². The van der Waals surface area contributed by atoms with Gasteiger partial charge in [0.2, 0.25) is 0 Å². The average Bonchev–Trinajstić information content (AvgIpc) is 2.79. The first-order valence-corrected chi connectivity index (χ1v) is 6.55. The maximum absolute atomic E-state index is 13.8. The maximum atomic E-state index is 13.8. The predicted octanol–water partition coefficient (Wildman–Crippen LogP) is 2.84. The highest BCUT2D eigenvalue weighted by molar-refractivity contribution is 5.36. The minimum Gasteiger partial charge on any atom is -0.329 e. The molecule has 0 aromatic heterocycles. The zero-order chi connectivity index (χ0) is 13.2. The molecule has 1 heterocycles. The van der Waals surface area contributed by atoms with Gasteiger partial charge in [-0.3, -0.25) is 4.90 Å². The lowest BCUT2D eigenvalue weighted by Crippen LogP contribution is -2.27. The molecule has 2 aromatic rings. The van der Waals surface area contributed by atoms with E-state index < -0.39 is 0 Å². The normalized spacial score (nSPS) is 18.5. The number of nitrogens with two attached hydrogens (primary N) is 1. The molecule has 0 bridgehead atoms. The van der Waals surface area contributed by atoms with Crippen molar-refractivity contribution in [2.45, 2.75) is 19.1 Å². The van der Waals surface area contributed by atoms with Crippen molar-refractivity contribution in [3.63, 3.8) is 0 Å². The van der Waals surface area contributed by atoms with E-state index in [1.807, 2.05) is 24.3 Å². The van der Waals surface area contributed by atoms with E-state index in [1.165, 1.54) is 11.6 Å². The Morgan fingerprint density at radius 3 is 2.63 bits per heavy atom. The van der Waals surface area contributed by atoms with E-state index >= 15 is 0 Å². The fourth-order valence-electron chi connectivity index (χ4n) is 2.82. The Kier molecular flexibility index (Phi) is 3.32. The van der Waals surface area contributed by atoms with Gasteiger partial charge in [-0.2, -0.15) is 0 Å². The van der Waals surface area contributed by atoms with E-state index in [9.17, 15) is 4.39 Å². The molecule has 1 unspecified atom stereocenters. The minimum atomic E-state index is -0.119. The van der Waals surface area contributed by atoms with Crippen molar-refractivity contribution in [1.82, 2.24) is 4.90 Å². The van der Waals surface area contributed by atoms with Gasteiger partial charge in [-0.15, -0.1) is 0 Å². The molecule has 1 aliphatic rings. The fourth-order valence-corrected chi connectivity index (χ4v) is 2.82. The summed E-state index contributed by atoms with van der Waals surface area (Å²) in [5.41, 5.74) is 8.95. The molecule has 1 atom stereocenters. The molecule has 98 valence electrons. The van der Waals surface area contributed by atoms with Gasteiger partial charge >= 0.3 is 0 Å². The summed E-state index contributed by atoms with van der Waals surface area (Å²) < 4.78 is 13.8. The van der Waals surface area contributed by atoms with Crippen LogP contribution in [-0.4, -0.2) is 11.4 Å². The molecule has 0 saturated heterocycles. The minimum absolute atomic E-state index is 0.117. The summed E-state index contributed by atoms with van der Waals surface area (Å²) in [5, 5.41) is 0. The monoisotopic (exact) mass is 256 g/mol. The Hall–Kier alpha value is -1.71. The van der Waals surface area contributed by atoms with Crippen LogP contribution in [0.2, 0.25) is 0 Å². The molecule has 0 radical (unpaired) electrons. The van der Waals surface area contributed by atoms with Crippen molar-refractivity contribution in [1.29, 1.82) is 0 Å². The molecule has 2 nitrogen and oxygen atoms in total. The smallest absolute Gasteiger partial charge is 0.128 e. The van der Waals surface area contributed by atoms with Crippen LogP contribution in [0.25, 0.3) is 0 Å². The number of hydrogen-bond acceptors (Lipinski definition) is 2.